The van der Waals surface area contributed by atoms with Gasteiger partial charge in [0.15, 0.2) is 0 Å². The second-order valence-corrected chi connectivity index (χ2v) is 5.94. The fraction of sp³-hybridized carbons (Fsp3) is 0.588. The van der Waals surface area contributed by atoms with E-state index >= 15 is 0 Å². The van der Waals surface area contributed by atoms with Gasteiger partial charge in [-0.05, 0) is 58.8 Å². The van der Waals surface area contributed by atoms with E-state index in [0.29, 0.717) is 6.42 Å². The number of carboxylic acids is 1. The van der Waals surface area contributed by atoms with E-state index in [1.54, 1.807) is 0 Å². The summed E-state index contributed by atoms with van der Waals surface area (Å²) in [4.78, 5) is 20.4. The molecule has 5 heteroatoms. The molecule has 0 aliphatic carbocycles. The van der Waals surface area contributed by atoms with Crippen LogP contribution in [-0.4, -0.2) is 16.0 Å². The quantitative estimate of drug-likeness (QED) is 0.274. The van der Waals surface area contributed by atoms with Crippen molar-refractivity contribution in [2.24, 2.45) is 5.92 Å². The van der Waals surface area contributed by atoms with E-state index in [9.17, 15) is 14.9 Å². The van der Waals surface area contributed by atoms with Crippen LogP contribution in [0.15, 0.2) is 35.1 Å². The van der Waals surface area contributed by atoms with Crippen molar-refractivity contribution in [2.45, 2.75) is 59.8 Å². The van der Waals surface area contributed by atoms with E-state index in [0.717, 1.165) is 25.7 Å². The van der Waals surface area contributed by atoms with Gasteiger partial charge in [-0.3, -0.25) is 10.1 Å². The Morgan fingerprint density at radius 2 is 1.82 bits per heavy atom. The molecule has 0 bridgehead atoms. The van der Waals surface area contributed by atoms with Gasteiger partial charge >= 0.3 is 11.7 Å². The molecule has 124 valence electrons. The molecule has 0 radical (unpaired) electrons. The zero-order chi connectivity index (χ0) is 17.1. The minimum atomic E-state index is -1.48. The van der Waals surface area contributed by atoms with Crippen LogP contribution in [0.4, 0.5) is 0 Å². The second kappa shape index (κ2) is 10.8. The minimum absolute atomic E-state index is 0.219. The maximum absolute atomic E-state index is 10.7. The van der Waals surface area contributed by atoms with Gasteiger partial charge in [0.25, 0.3) is 0 Å². The summed E-state index contributed by atoms with van der Waals surface area (Å²) in [7, 11) is 0. The average molecular weight is 309 g/mol. The van der Waals surface area contributed by atoms with Gasteiger partial charge in [-0.1, -0.05) is 30.2 Å². The Hall–Kier alpha value is -1.91. The maximum atomic E-state index is 10.7. The van der Waals surface area contributed by atoms with Gasteiger partial charge in [0.05, 0.1) is 4.92 Å². The second-order valence-electron chi connectivity index (χ2n) is 5.94. The van der Waals surface area contributed by atoms with Gasteiger partial charge in [-0.25, -0.2) is 4.79 Å². The molecule has 1 unspecified atom stereocenters. The third kappa shape index (κ3) is 9.91. The molecule has 0 spiro atoms. The van der Waals surface area contributed by atoms with Crippen molar-refractivity contribution < 1.29 is 14.8 Å². The Balaban J connectivity index is 4.20. The van der Waals surface area contributed by atoms with Crippen molar-refractivity contribution in [3.8, 4) is 0 Å². The first-order valence-corrected chi connectivity index (χ1v) is 7.60. The van der Waals surface area contributed by atoms with Gasteiger partial charge in [0.1, 0.15) is 0 Å². The summed E-state index contributed by atoms with van der Waals surface area (Å²) in [5.41, 5.74) is 1.94. The van der Waals surface area contributed by atoms with Gasteiger partial charge < -0.3 is 5.11 Å². The standard InChI is InChI=1S/C17H27NO4/c1-13(2)7-5-8-14(3)9-6-10-15(4)11-12-16(17(19)20)18(21)22/h7,9,12,15H,5-6,8,10-11H2,1-4H3,(H,19,20)/b14-9+,16-12-. The topological polar surface area (TPSA) is 80.4 Å². The summed E-state index contributed by atoms with van der Waals surface area (Å²) in [5, 5.41) is 19.2. The smallest absolute Gasteiger partial charge is 0.407 e. The Bertz CT molecular complexity index is 455. The molecule has 0 rings (SSSR count). The van der Waals surface area contributed by atoms with Crippen LogP contribution in [-0.2, 0) is 4.79 Å². The lowest BCUT2D eigenvalue weighted by atomic mass is 9.99. The summed E-state index contributed by atoms with van der Waals surface area (Å²) in [5.74, 6) is -1.26. The number of aliphatic carboxylic acids is 1. The zero-order valence-electron chi connectivity index (χ0n) is 14.0. The van der Waals surface area contributed by atoms with Crippen LogP contribution >= 0.6 is 0 Å². The summed E-state index contributed by atoms with van der Waals surface area (Å²) in [6, 6.07) is 0. The van der Waals surface area contributed by atoms with Crippen LogP contribution in [0, 0.1) is 16.0 Å². The average Bonchev–Trinajstić information content (AvgIpc) is 2.37. The number of hydrogen-bond acceptors (Lipinski definition) is 3. The zero-order valence-corrected chi connectivity index (χ0v) is 14.0. The normalized spacial score (nSPS) is 13.6. The predicted molar refractivity (Wildman–Crippen MR) is 88.2 cm³/mol. The highest BCUT2D eigenvalue weighted by Crippen LogP contribution is 2.15. The Kier molecular flexibility index (Phi) is 9.83. The van der Waals surface area contributed by atoms with Gasteiger partial charge in [-0.15, -0.1) is 0 Å². The number of allylic oxidation sites excluding steroid dienone is 5. The molecular weight excluding hydrogens is 282 g/mol. The van der Waals surface area contributed by atoms with Crippen LogP contribution < -0.4 is 0 Å². The molecule has 1 N–H and O–H groups in total. The van der Waals surface area contributed by atoms with Crippen molar-refractivity contribution in [1.29, 1.82) is 0 Å². The number of carboxylic acid groups (broad SMARTS) is 1. The molecular formula is C17H27NO4. The van der Waals surface area contributed by atoms with Crippen molar-refractivity contribution >= 4 is 5.97 Å². The van der Waals surface area contributed by atoms with E-state index < -0.39 is 16.6 Å². The summed E-state index contributed by atoms with van der Waals surface area (Å²) >= 11 is 0. The van der Waals surface area contributed by atoms with Crippen LogP contribution in [0.2, 0.25) is 0 Å². The van der Waals surface area contributed by atoms with Crippen molar-refractivity contribution in [1.82, 2.24) is 0 Å². The molecule has 0 aromatic rings. The molecule has 0 fully saturated rings. The van der Waals surface area contributed by atoms with E-state index in [2.05, 4.69) is 32.9 Å². The Labute approximate surface area is 132 Å². The molecule has 0 saturated heterocycles. The van der Waals surface area contributed by atoms with Crippen LogP contribution in [0.1, 0.15) is 59.8 Å². The van der Waals surface area contributed by atoms with Crippen molar-refractivity contribution in [2.75, 3.05) is 0 Å². The monoisotopic (exact) mass is 309 g/mol. The number of nitro groups is 1. The summed E-state index contributed by atoms with van der Waals surface area (Å²) < 4.78 is 0. The highest BCUT2D eigenvalue weighted by molar-refractivity contribution is 5.83. The molecule has 1 atom stereocenters. The lowest BCUT2D eigenvalue weighted by molar-refractivity contribution is -0.421. The highest BCUT2D eigenvalue weighted by atomic mass is 16.6. The van der Waals surface area contributed by atoms with Crippen molar-refractivity contribution in [3.63, 3.8) is 0 Å². The van der Waals surface area contributed by atoms with E-state index in [-0.39, 0.29) is 5.92 Å². The van der Waals surface area contributed by atoms with Crippen LogP contribution in [0.5, 0.6) is 0 Å². The maximum Gasteiger partial charge on any atom is 0.407 e. The van der Waals surface area contributed by atoms with Crippen LogP contribution in [0.25, 0.3) is 0 Å². The fourth-order valence-corrected chi connectivity index (χ4v) is 1.98. The number of rotatable bonds is 10. The molecule has 0 aliphatic rings. The summed E-state index contributed by atoms with van der Waals surface area (Å²) in [6.45, 7) is 8.26. The number of hydrogen-bond donors (Lipinski definition) is 1. The number of nitrogens with zero attached hydrogens (tertiary/aromatic N) is 1. The Morgan fingerprint density at radius 1 is 1.18 bits per heavy atom. The number of carbonyl (C=O) groups is 1. The lowest BCUT2D eigenvalue weighted by Crippen LogP contribution is -2.10. The minimum Gasteiger partial charge on any atom is -0.473 e. The molecule has 0 aromatic heterocycles. The SMILES string of the molecule is CC(C)=CCC/C(C)=C/CCC(C)C/C=C(/C(=O)O)[N+](=O)[O-]. The largest absolute Gasteiger partial charge is 0.473 e. The molecule has 0 saturated carbocycles. The van der Waals surface area contributed by atoms with Gasteiger partial charge in [0.2, 0.25) is 0 Å². The molecule has 0 amide bonds. The molecule has 0 heterocycles. The highest BCUT2D eigenvalue weighted by Gasteiger charge is 2.20. The van der Waals surface area contributed by atoms with E-state index in [4.69, 9.17) is 5.11 Å². The predicted octanol–water partition coefficient (Wildman–Crippen LogP) is 4.73. The first-order valence-electron chi connectivity index (χ1n) is 7.60. The van der Waals surface area contributed by atoms with Gasteiger partial charge in [-0.2, -0.15) is 0 Å². The van der Waals surface area contributed by atoms with Gasteiger partial charge in [0, 0.05) is 6.08 Å². The van der Waals surface area contributed by atoms with E-state index in [1.807, 2.05) is 6.92 Å². The molecule has 0 aromatic carbocycles. The van der Waals surface area contributed by atoms with Crippen LogP contribution in [0.3, 0.4) is 0 Å². The molecule has 5 nitrogen and oxygen atoms in total. The molecule has 0 aliphatic heterocycles. The molecule has 22 heavy (non-hydrogen) atoms. The third-order valence-electron chi connectivity index (χ3n) is 3.37. The first kappa shape index (κ1) is 20.1. The summed E-state index contributed by atoms with van der Waals surface area (Å²) in [6.07, 6.45) is 9.93. The first-order chi connectivity index (χ1) is 10.2. The third-order valence-corrected chi connectivity index (χ3v) is 3.37. The fourth-order valence-electron chi connectivity index (χ4n) is 1.98. The van der Waals surface area contributed by atoms with Crippen molar-refractivity contribution in [3.05, 3.63) is 45.2 Å². The lowest BCUT2D eigenvalue weighted by Gasteiger charge is -2.07. The van der Waals surface area contributed by atoms with E-state index in [1.165, 1.54) is 17.2 Å². The Morgan fingerprint density at radius 3 is 2.32 bits per heavy atom.